The molecule has 1 aromatic heterocycles. The van der Waals surface area contributed by atoms with E-state index < -0.39 is 15.9 Å². The monoisotopic (exact) mass is 388 g/mol. The lowest BCUT2D eigenvalue weighted by molar-refractivity contribution is 0.103. The summed E-state index contributed by atoms with van der Waals surface area (Å²) in [6.45, 7) is 0. The number of benzene rings is 2. The predicted molar refractivity (Wildman–Crippen MR) is 102 cm³/mol. The van der Waals surface area contributed by atoms with Crippen molar-refractivity contribution >= 4 is 38.6 Å². The number of rotatable bonds is 5. The van der Waals surface area contributed by atoms with Crippen LogP contribution in [-0.2, 0) is 10.0 Å². The summed E-state index contributed by atoms with van der Waals surface area (Å²) in [4.78, 5) is 12.6. The fraction of sp³-hybridized carbons (Fsp3) is 0.0556. The van der Waals surface area contributed by atoms with Crippen LogP contribution < -0.4 is 9.62 Å². The number of nitrogens with one attached hydrogen (secondary N) is 1. The van der Waals surface area contributed by atoms with Crippen LogP contribution in [0.15, 0.2) is 70.9 Å². The number of aromatic hydroxyl groups is 1. The summed E-state index contributed by atoms with van der Waals surface area (Å²) in [6, 6.07) is 16.3. The van der Waals surface area contributed by atoms with Gasteiger partial charge in [-0.05, 0) is 30.3 Å². The molecule has 0 aliphatic heterocycles. The molecule has 0 radical (unpaired) electrons. The second-order valence-electron chi connectivity index (χ2n) is 5.43. The van der Waals surface area contributed by atoms with E-state index in [1.54, 1.807) is 48.5 Å². The Kier molecular flexibility index (Phi) is 4.97. The molecule has 0 bridgehead atoms. The van der Waals surface area contributed by atoms with Crippen LogP contribution in [0.25, 0.3) is 0 Å². The molecule has 0 saturated heterocycles. The van der Waals surface area contributed by atoms with Gasteiger partial charge in [0.2, 0.25) is 0 Å². The minimum atomic E-state index is -3.77. The molecule has 3 rings (SSSR count). The van der Waals surface area contributed by atoms with Gasteiger partial charge in [-0.15, -0.1) is 11.3 Å². The highest BCUT2D eigenvalue weighted by Gasteiger charge is 2.24. The number of carbonyl (C=O) groups excluding carboxylic acids is 1. The molecule has 0 spiro atoms. The minimum Gasteiger partial charge on any atom is -0.506 e. The molecule has 0 saturated carbocycles. The van der Waals surface area contributed by atoms with Crippen LogP contribution in [0.1, 0.15) is 9.67 Å². The lowest BCUT2D eigenvalue weighted by atomic mass is 10.3. The van der Waals surface area contributed by atoms with E-state index in [0.717, 1.165) is 11.3 Å². The molecule has 26 heavy (non-hydrogen) atoms. The first-order valence-electron chi connectivity index (χ1n) is 7.61. The average Bonchev–Trinajstić information content (AvgIpc) is 3.15. The van der Waals surface area contributed by atoms with Gasteiger partial charge in [0.05, 0.1) is 21.1 Å². The maximum atomic E-state index is 12.7. The summed E-state index contributed by atoms with van der Waals surface area (Å²) in [5, 5.41) is 13.7. The number of amides is 1. The first-order chi connectivity index (χ1) is 12.4. The molecule has 1 heterocycles. The largest absolute Gasteiger partial charge is 0.506 e. The van der Waals surface area contributed by atoms with Crippen molar-refractivity contribution in [3.8, 4) is 5.75 Å². The van der Waals surface area contributed by atoms with Gasteiger partial charge in [-0.25, -0.2) is 8.42 Å². The van der Waals surface area contributed by atoms with Crippen LogP contribution in [0.5, 0.6) is 5.75 Å². The number of hydrogen-bond donors (Lipinski definition) is 2. The molecule has 0 aliphatic rings. The van der Waals surface area contributed by atoms with Crippen LogP contribution in [0, 0.1) is 0 Å². The summed E-state index contributed by atoms with van der Waals surface area (Å²) in [6.07, 6.45) is 0. The van der Waals surface area contributed by atoms with Gasteiger partial charge in [0, 0.05) is 12.4 Å². The fourth-order valence-electron chi connectivity index (χ4n) is 2.27. The molecule has 0 aliphatic carbocycles. The van der Waals surface area contributed by atoms with E-state index in [0.29, 0.717) is 5.69 Å². The number of para-hydroxylation sites is 3. The third-order valence-electron chi connectivity index (χ3n) is 3.73. The number of sulfonamides is 1. The Morgan fingerprint density at radius 3 is 2.42 bits per heavy atom. The molecule has 2 N–H and O–H groups in total. The van der Waals surface area contributed by atoms with Crippen molar-refractivity contribution in [3.63, 3.8) is 0 Å². The Balaban J connectivity index is 1.83. The van der Waals surface area contributed by atoms with Crippen molar-refractivity contribution in [2.75, 3.05) is 16.7 Å². The van der Waals surface area contributed by atoms with Gasteiger partial charge in [0.25, 0.3) is 15.9 Å². The van der Waals surface area contributed by atoms with Crippen molar-refractivity contribution in [1.29, 1.82) is 0 Å². The van der Waals surface area contributed by atoms with Crippen molar-refractivity contribution in [2.24, 2.45) is 0 Å². The Hall–Kier alpha value is -2.84. The van der Waals surface area contributed by atoms with E-state index in [1.165, 1.54) is 28.9 Å². The molecule has 0 fully saturated rings. The minimum absolute atomic E-state index is 0.0382. The number of phenols is 1. The molecular formula is C18H16N2O4S2. The fourth-order valence-corrected chi connectivity index (χ4v) is 4.62. The van der Waals surface area contributed by atoms with E-state index >= 15 is 0 Å². The van der Waals surface area contributed by atoms with Gasteiger partial charge < -0.3 is 10.4 Å². The molecular weight excluding hydrogens is 372 g/mol. The number of hydrogen-bond acceptors (Lipinski definition) is 5. The summed E-state index contributed by atoms with van der Waals surface area (Å²) >= 11 is 1.02. The second-order valence-corrected chi connectivity index (χ2v) is 8.31. The topological polar surface area (TPSA) is 86.7 Å². The standard InChI is InChI=1S/C18H16N2O4S2/c1-20(13-7-3-2-4-8-13)26(23,24)14-11-17(25-12-14)18(22)19-15-9-5-6-10-16(15)21/h2-12,21H,1H3,(H,19,22). The van der Waals surface area contributed by atoms with Gasteiger partial charge in [-0.3, -0.25) is 9.10 Å². The first kappa shape index (κ1) is 18.0. The zero-order valence-electron chi connectivity index (χ0n) is 13.8. The van der Waals surface area contributed by atoms with E-state index in [2.05, 4.69) is 5.32 Å². The molecule has 3 aromatic rings. The molecule has 6 nitrogen and oxygen atoms in total. The van der Waals surface area contributed by atoms with Crippen LogP contribution in [0.3, 0.4) is 0 Å². The van der Waals surface area contributed by atoms with Crippen LogP contribution in [-0.4, -0.2) is 26.5 Å². The molecule has 0 atom stereocenters. The summed E-state index contributed by atoms with van der Waals surface area (Å²) in [5.74, 6) is -0.547. The lowest BCUT2D eigenvalue weighted by Crippen LogP contribution is -2.26. The van der Waals surface area contributed by atoms with E-state index in [4.69, 9.17) is 0 Å². The maximum absolute atomic E-state index is 12.7. The van der Waals surface area contributed by atoms with Gasteiger partial charge in [-0.2, -0.15) is 0 Å². The molecule has 0 unspecified atom stereocenters. The number of anilines is 2. The third-order valence-corrected chi connectivity index (χ3v) is 6.57. The highest BCUT2D eigenvalue weighted by Crippen LogP contribution is 2.27. The molecule has 134 valence electrons. The number of nitrogens with zero attached hydrogens (tertiary/aromatic N) is 1. The van der Waals surface area contributed by atoms with Crippen LogP contribution >= 0.6 is 11.3 Å². The normalized spacial score (nSPS) is 11.1. The Morgan fingerprint density at radius 1 is 1.08 bits per heavy atom. The zero-order valence-corrected chi connectivity index (χ0v) is 15.4. The summed E-state index contributed by atoms with van der Waals surface area (Å²) < 4.78 is 26.7. The van der Waals surface area contributed by atoms with E-state index in [1.807, 2.05) is 0 Å². The number of thiophene rings is 1. The Morgan fingerprint density at radius 2 is 1.73 bits per heavy atom. The van der Waals surface area contributed by atoms with Crippen molar-refractivity contribution in [2.45, 2.75) is 4.90 Å². The van der Waals surface area contributed by atoms with Crippen molar-refractivity contribution in [1.82, 2.24) is 0 Å². The first-order valence-corrected chi connectivity index (χ1v) is 9.93. The Labute approximate surface area is 155 Å². The quantitative estimate of drug-likeness (QED) is 0.655. The summed E-state index contributed by atoms with van der Waals surface area (Å²) in [5.41, 5.74) is 0.788. The smallest absolute Gasteiger partial charge is 0.265 e. The maximum Gasteiger partial charge on any atom is 0.265 e. The zero-order chi connectivity index (χ0) is 18.7. The lowest BCUT2D eigenvalue weighted by Gasteiger charge is -2.18. The third kappa shape index (κ3) is 3.56. The number of carbonyl (C=O) groups is 1. The number of phenolic OH excluding ortho intramolecular Hbond substituents is 1. The predicted octanol–water partition coefficient (Wildman–Crippen LogP) is 3.53. The van der Waals surface area contributed by atoms with E-state index in [-0.39, 0.29) is 21.2 Å². The van der Waals surface area contributed by atoms with Crippen molar-refractivity contribution in [3.05, 3.63) is 70.9 Å². The highest BCUT2D eigenvalue weighted by molar-refractivity contribution is 7.93. The van der Waals surface area contributed by atoms with E-state index in [9.17, 15) is 18.3 Å². The van der Waals surface area contributed by atoms with Gasteiger partial charge in [-0.1, -0.05) is 30.3 Å². The molecule has 1 amide bonds. The van der Waals surface area contributed by atoms with Crippen LogP contribution in [0.4, 0.5) is 11.4 Å². The van der Waals surface area contributed by atoms with Gasteiger partial charge >= 0.3 is 0 Å². The summed E-state index contributed by atoms with van der Waals surface area (Å²) in [7, 11) is -2.31. The average molecular weight is 388 g/mol. The van der Waals surface area contributed by atoms with Crippen molar-refractivity contribution < 1.29 is 18.3 Å². The SMILES string of the molecule is CN(c1ccccc1)S(=O)(=O)c1csc(C(=O)Nc2ccccc2O)c1. The Bertz CT molecular complexity index is 1030. The highest BCUT2D eigenvalue weighted by atomic mass is 32.2. The second kappa shape index (κ2) is 7.19. The van der Waals surface area contributed by atoms with Gasteiger partial charge in [0.15, 0.2) is 0 Å². The molecule has 2 aromatic carbocycles. The van der Waals surface area contributed by atoms with Gasteiger partial charge in [0.1, 0.15) is 5.75 Å². The molecule has 8 heteroatoms. The van der Waals surface area contributed by atoms with Crippen LogP contribution in [0.2, 0.25) is 0 Å².